The molecule has 128 valence electrons. The third-order valence-electron chi connectivity index (χ3n) is 3.46. The number of nitrogens with one attached hydrogen (secondary N) is 1. The molecule has 0 saturated carbocycles. The van der Waals surface area contributed by atoms with Gasteiger partial charge in [-0.1, -0.05) is 36.4 Å². The fourth-order valence-electron chi connectivity index (χ4n) is 2.19. The van der Waals surface area contributed by atoms with Crippen molar-refractivity contribution in [3.8, 4) is 11.8 Å². The van der Waals surface area contributed by atoms with Crippen LogP contribution in [0, 0.1) is 11.3 Å². The standard InChI is InChI=1S/C20H20N2O3/c1-24-20(23)17(14-21)15-22-18-10-5-11-19(13-18)25-12-6-9-16-7-3-2-4-8-16/h2-5,7-8,10-11,13,15,22H,6,9,12H2,1H3/b17-15-. The van der Waals surface area contributed by atoms with Gasteiger partial charge in [0.05, 0.1) is 13.7 Å². The summed E-state index contributed by atoms with van der Waals surface area (Å²) in [5.41, 5.74) is 1.91. The van der Waals surface area contributed by atoms with Gasteiger partial charge >= 0.3 is 5.97 Å². The summed E-state index contributed by atoms with van der Waals surface area (Å²) in [6, 6.07) is 19.4. The van der Waals surface area contributed by atoms with Gasteiger partial charge in [-0.3, -0.25) is 0 Å². The van der Waals surface area contributed by atoms with E-state index in [2.05, 4.69) is 22.2 Å². The second-order valence-corrected chi connectivity index (χ2v) is 5.27. The topological polar surface area (TPSA) is 71.4 Å². The molecular formula is C20H20N2O3. The van der Waals surface area contributed by atoms with Crippen LogP contribution in [0.3, 0.4) is 0 Å². The number of anilines is 1. The van der Waals surface area contributed by atoms with Crippen LogP contribution in [0.5, 0.6) is 5.75 Å². The molecule has 0 spiro atoms. The van der Waals surface area contributed by atoms with E-state index in [0.29, 0.717) is 6.61 Å². The highest BCUT2D eigenvalue weighted by atomic mass is 16.5. The molecule has 5 nitrogen and oxygen atoms in total. The number of esters is 1. The van der Waals surface area contributed by atoms with E-state index in [1.54, 1.807) is 6.07 Å². The minimum atomic E-state index is -0.677. The molecule has 0 aliphatic rings. The molecule has 0 unspecified atom stereocenters. The predicted molar refractivity (Wildman–Crippen MR) is 96.0 cm³/mol. The van der Waals surface area contributed by atoms with Crippen molar-refractivity contribution in [2.24, 2.45) is 0 Å². The number of nitrogens with zero attached hydrogens (tertiary/aromatic N) is 1. The lowest BCUT2D eigenvalue weighted by Gasteiger charge is -2.08. The van der Waals surface area contributed by atoms with E-state index in [4.69, 9.17) is 10.00 Å². The van der Waals surface area contributed by atoms with Crippen LogP contribution in [-0.4, -0.2) is 19.7 Å². The largest absolute Gasteiger partial charge is 0.494 e. The molecule has 0 atom stereocenters. The number of methoxy groups -OCH3 is 1. The number of aryl methyl sites for hydroxylation is 1. The number of carbonyl (C=O) groups excluding carboxylic acids is 1. The Bertz CT molecular complexity index is 764. The van der Waals surface area contributed by atoms with Gasteiger partial charge in [0.2, 0.25) is 0 Å². The van der Waals surface area contributed by atoms with Crippen molar-refractivity contribution in [1.29, 1.82) is 5.26 Å². The zero-order valence-electron chi connectivity index (χ0n) is 14.1. The van der Waals surface area contributed by atoms with Gasteiger partial charge in [-0.05, 0) is 30.5 Å². The highest BCUT2D eigenvalue weighted by Crippen LogP contribution is 2.18. The number of hydrogen-bond acceptors (Lipinski definition) is 5. The van der Waals surface area contributed by atoms with Crippen LogP contribution >= 0.6 is 0 Å². The number of benzene rings is 2. The van der Waals surface area contributed by atoms with E-state index in [0.717, 1.165) is 24.3 Å². The maximum absolute atomic E-state index is 11.3. The lowest BCUT2D eigenvalue weighted by atomic mass is 10.1. The second-order valence-electron chi connectivity index (χ2n) is 5.27. The molecule has 0 radical (unpaired) electrons. The van der Waals surface area contributed by atoms with Crippen LogP contribution in [0.15, 0.2) is 66.4 Å². The first-order chi connectivity index (χ1) is 12.2. The van der Waals surface area contributed by atoms with E-state index >= 15 is 0 Å². The molecule has 0 fully saturated rings. The molecule has 5 heteroatoms. The van der Waals surface area contributed by atoms with Gasteiger partial charge in [0.25, 0.3) is 0 Å². The fourth-order valence-corrected chi connectivity index (χ4v) is 2.19. The Morgan fingerprint density at radius 2 is 2.00 bits per heavy atom. The number of hydrogen-bond donors (Lipinski definition) is 1. The molecule has 0 heterocycles. The molecule has 0 aliphatic heterocycles. The van der Waals surface area contributed by atoms with E-state index in [1.165, 1.54) is 18.9 Å². The molecule has 2 aromatic rings. The Hall–Kier alpha value is -3.26. The van der Waals surface area contributed by atoms with Crippen molar-refractivity contribution in [1.82, 2.24) is 0 Å². The average Bonchev–Trinajstić information content (AvgIpc) is 2.66. The Morgan fingerprint density at radius 1 is 1.20 bits per heavy atom. The van der Waals surface area contributed by atoms with Gasteiger partial charge in [-0.15, -0.1) is 0 Å². The summed E-state index contributed by atoms with van der Waals surface area (Å²) < 4.78 is 10.3. The quantitative estimate of drug-likeness (QED) is 0.344. The van der Waals surface area contributed by atoms with Crippen LogP contribution in [0.2, 0.25) is 0 Å². The van der Waals surface area contributed by atoms with E-state index < -0.39 is 5.97 Å². The summed E-state index contributed by atoms with van der Waals surface area (Å²) in [5.74, 6) is 0.0475. The number of ether oxygens (including phenoxy) is 2. The fraction of sp³-hybridized carbons (Fsp3) is 0.200. The number of nitriles is 1. The molecule has 0 aliphatic carbocycles. The molecule has 0 amide bonds. The van der Waals surface area contributed by atoms with Gasteiger partial charge in [0.1, 0.15) is 11.8 Å². The summed E-state index contributed by atoms with van der Waals surface area (Å²) >= 11 is 0. The third-order valence-corrected chi connectivity index (χ3v) is 3.46. The number of carbonyl (C=O) groups is 1. The van der Waals surface area contributed by atoms with Crippen molar-refractivity contribution in [2.75, 3.05) is 19.0 Å². The van der Waals surface area contributed by atoms with Crippen molar-refractivity contribution in [2.45, 2.75) is 12.8 Å². The molecule has 0 saturated heterocycles. The van der Waals surface area contributed by atoms with Crippen LogP contribution in [0.4, 0.5) is 5.69 Å². The van der Waals surface area contributed by atoms with Gasteiger partial charge in [-0.2, -0.15) is 5.26 Å². The average molecular weight is 336 g/mol. The van der Waals surface area contributed by atoms with Crippen LogP contribution in [0.25, 0.3) is 0 Å². The Labute approximate surface area is 147 Å². The maximum Gasteiger partial charge on any atom is 0.350 e. The first-order valence-corrected chi connectivity index (χ1v) is 7.95. The minimum Gasteiger partial charge on any atom is -0.494 e. The van der Waals surface area contributed by atoms with Crippen molar-refractivity contribution in [3.05, 3.63) is 71.9 Å². The van der Waals surface area contributed by atoms with Crippen molar-refractivity contribution < 1.29 is 14.3 Å². The van der Waals surface area contributed by atoms with Gasteiger partial charge < -0.3 is 14.8 Å². The normalized spacial score (nSPS) is 10.6. The molecule has 1 N–H and O–H groups in total. The molecule has 0 aromatic heterocycles. The zero-order chi connectivity index (χ0) is 17.9. The Balaban J connectivity index is 1.85. The Kier molecular flexibility index (Phi) is 7.08. The monoisotopic (exact) mass is 336 g/mol. The first kappa shape index (κ1) is 18.1. The smallest absolute Gasteiger partial charge is 0.350 e. The predicted octanol–water partition coefficient (Wildman–Crippen LogP) is 3.69. The third kappa shape index (κ3) is 6.04. The van der Waals surface area contributed by atoms with Crippen molar-refractivity contribution >= 4 is 11.7 Å². The summed E-state index contributed by atoms with van der Waals surface area (Å²) in [4.78, 5) is 11.3. The van der Waals surface area contributed by atoms with Gasteiger partial charge in [0, 0.05) is 18.0 Å². The highest BCUT2D eigenvalue weighted by molar-refractivity contribution is 5.93. The summed E-state index contributed by atoms with van der Waals surface area (Å²) in [6.45, 7) is 0.611. The SMILES string of the molecule is COC(=O)/C(C#N)=C\Nc1cccc(OCCCc2ccccc2)c1. The van der Waals surface area contributed by atoms with E-state index in [-0.39, 0.29) is 5.57 Å². The minimum absolute atomic E-state index is 0.100. The first-order valence-electron chi connectivity index (χ1n) is 7.95. The molecule has 25 heavy (non-hydrogen) atoms. The second kappa shape index (κ2) is 9.78. The lowest BCUT2D eigenvalue weighted by molar-refractivity contribution is -0.135. The number of rotatable bonds is 8. The summed E-state index contributed by atoms with van der Waals surface area (Å²) in [5, 5.41) is 11.8. The van der Waals surface area contributed by atoms with Crippen LogP contribution in [0.1, 0.15) is 12.0 Å². The molecule has 2 rings (SSSR count). The molecule has 2 aromatic carbocycles. The van der Waals surface area contributed by atoms with E-state index in [9.17, 15) is 4.79 Å². The molecule has 0 bridgehead atoms. The summed E-state index contributed by atoms with van der Waals surface area (Å²) in [6.07, 6.45) is 3.20. The van der Waals surface area contributed by atoms with Crippen LogP contribution in [-0.2, 0) is 16.0 Å². The molecular weight excluding hydrogens is 316 g/mol. The highest BCUT2D eigenvalue weighted by Gasteiger charge is 2.07. The van der Waals surface area contributed by atoms with Crippen LogP contribution < -0.4 is 10.1 Å². The zero-order valence-corrected chi connectivity index (χ0v) is 14.1. The summed E-state index contributed by atoms with van der Waals surface area (Å²) in [7, 11) is 1.23. The van der Waals surface area contributed by atoms with Gasteiger partial charge in [0.15, 0.2) is 5.57 Å². The lowest BCUT2D eigenvalue weighted by Crippen LogP contribution is -2.05. The van der Waals surface area contributed by atoms with Crippen molar-refractivity contribution in [3.63, 3.8) is 0 Å². The van der Waals surface area contributed by atoms with E-state index in [1.807, 2.05) is 42.5 Å². The Morgan fingerprint density at radius 3 is 2.72 bits per heavy atom. The maximum atomic E-state index is 11.3. The van der Waals surface area contributed by atoms with Gasteiger partial charge in [-0.25, -0.2) is 4.79 Å².